The molecule has 2 aromatic rings. The largest absolute Gasteiger partial charge is 0.508 e. The predicted octanol–water partition coefficient (Wildman–Crippen LogP) is 1.73. The first-order valence-corrected chi connectivity index (χ1v) is 12.3. The zero-order chi connectivity index (χ0) is 26.5. The van der Waals surface area contributed by atoms with Crippen LogP contribution in [0.25, 0.3) is 0 Å². The fourth-order valence-corrected chi connectivity index (χ4v) is 3.71. The van der Waals surface area contributed by atoms with Crippen molar-refractivity contribution in [2.45, 2.75) is 70.1 Å². The van der Waals surface area contributed by atoms with Crippen LogP contribution in [-0.2, 0) is 27.2 Å². The predicted molar refractivity (Wildman–Crippen MR) is 138 cm³/mol. The van der Waals surface area contributed by atoms with E-state index < -0.39 is 35.9 Å². The Kier molecular flexibility index (Phi) is 11.9. The smallest absolute Gasteiger partial charge is 0.326 e. The zero-order valence-electron chi connectivity index (χ0n) is 20.9. The van der Waals surface area contributed by atoms with Crippen molar-refractivity contribution in [1.82, 2.24) is 16.0 Å². The van der Waals surface area contributed by atoms with Crippen molar-refractivity contribution in [2.75, 3.05) is 6.54 Å². The number of phenolic OH excluding ortho intramolecular Hbond substituents is 1. The Balaban J connectivity index is 2.06. The molecule has 0 saturated carbocycles. The topological polar surface area (TPSA) is 154 Å². The van der Waals surface area contributed by atoms with Crippen molar-refractivity contribution >= 4 is 17.8 Å². The first kappa shape index (κ1) is 28.8. The van der Waals surface area contributed by atoms with Crippen LogP contribution in [0.3, 0.4) is 0 Å². The van der Waals surface area contributed by atoms with Crippen LogP contribution in [0.15, 0.2) is 54.6 Å². The fraction of sp³-hybridized carbons (Fsp3) is 0.444. The van der Waals surface area contributed by atoms with E-state index in [1.54, 1.807) is 12.1 Å². The van der Waals surface area contributed by atoms with Gasteiger partial charge in [-0.05, 0) is 55.5 Å². The normalized spacial score (nSPS) is 13.6. The minimum absolute atomic E-state index is 0.0755. The van der Waals surface area contributed by atoms with Crippen LogP contribution < -0.4 is 21.7 Å². The molecule has 0 unspecified atom stereocenters. The molecule has 2 aromatic carbocycles. The van der Waals surface area contributed by atoms with Crippen LogP contribution in [0.1, 0.15) is 44.2 Å². The zero-order valence-corrected chi connectivity index (χ0v) is 20.9. The van der Waals surface area contributed by atoms with Crippen molar-refractivity contribution in [3.8, 4) is 5.75 Å². The second-order valence-corrected chi connectivity index (χ2v) is 9.23. The summed E-state index contributed by atoms with van der Waals surface area (Å²) in [5.74, 6) is -2.16. The Bertz CT molecular complexity index is 966. The van der Waals surface area contributed by atoms with Gasteiger partial charge in [0.1, 0.15) is 17.8 Å². The molecule has 0 aromatic heterocycles. The molecule has 2 amide bonds. The summed E-state index contributed by atoms with van der Waals surface area (Å²) in [6, 6.07) is 12.9. The van der Waals surface area contributed by atoms with Crippen LogP contribution in [0.2, 0.25) is 0 Å². The number of nitrogens with one attached hydrogen (secondary N) is 3. The second-order valence-electron chi connectivity index (χ2n) is 9.23. The molecule has 0 aliphatic rings. The van der Waals surface area contributed by atoms with Crippen LogP contribution in [-0.4, -0.2) is 58.7 Å². The van der Waals surface area contributed by atoms with Crippen molar-refractivity contribution in [2.24, 2.45) is 5.73 Å². The third kappa shape index (κ3) is 10.5. The quantitative estimate of drug-likeness (QED) is 0.204. The van der Waals surface area contributed by atoms with Gasteiger partial charge in [-0.15, -0.1) is 0 Å². The Labute approximate surface area is 212 Å². The number of phenols is 1. The van der Waals surface area contributed by atoms with Gasteiger partial charge in [-0.2, -0.15) is 0 Å². The fourth-order valence-electron chi connectivity index (χ4n) is 3.71. The van der Waals surface area contributed by atoms with Crippen LogP contribution >= 0.6 is 0 Å². The molecule has 9 nitrogen and oxygen atoms in total. The Morgan fingerprint density at radius 3 is 2.06 bits per heavy atom. The van der Waals surface area contributed by atoms with Crippen molar-refractivity contribution in [3.63, 3.8) is 0 Å². The molecule has 0 heterocycles. The summed E-state index contributed by atoms with van der Waals surface area (Å²) in [5, 5.41) is 27.7. The number of benzene rings is 2. The first-order chi connectivity index (χ1) is 17.2. The maximum atomic E-state index is 13.1. The van der Waals surface area contributed by atoms with Crippen molar-refractivity contribution in [3.05, 3.63) is 65.7 Å². The molecule has 0 radical (unpaired) electrons. The molecule has 36 heavy (non-hydrogen) atoms. The van der Waals surface area contributed by atoms with Crippen LogP contribution in [0.5, 0.6) is 5.75 Å². The summed E-state index contributed by atoms with van der Waals surface area (Å²) in [5.41, 5.74) is 7.68. The van der Waals surface area contributed by atoms with E-state index in [1.165, 1.54) is 12.1 Å². The van der Waals surface area contributed by atoms with Gasteiger partial charge >= 0.3 is 5.97 Å². The minimum Gasteiger partial charge on any atom is -0.508 e. The highest BCUT2D eigenvalue weighted by atomic mass is 16.4. The number of carbonyl (C=O) groups is 3. The number of hydrogen-bond donors (Lipinski definition) is 6. The number of nitrogens with two attached hydrogens (primary N) is 1. The van der Waals surface area contributed by atoms with Gasteiger partial charge in [-0.3, -0.25) is 9.59 Å². The molecular weight excluding hydrogens is 460 g/mol. The van der Waals surface area contributed by atoms with Gasteiger partial charge in [-0.1, -0.05) is 56.3 Å². The minimum atomic E-state index is -1.13. The summed E-state index contributed by atoms with van der Waals surface area (Å²) >= 11 is 0. The second kappa shape index (κ2) is 14.9. The molecule has 3 atom stereocenters. The molecule has 0 aliphatic heterocycles. The lowest BCUT2D eigenvalue weighted by Gasteiger charge is -2.23. The van der Waals surface area contributed by atoms with Gasteiger partial charge in [-0.25, -0.2) is 4.79 Å². The summed E-state index contributed by atoms with van der Waals surface area (Å²) in [6.45, 7) is 4.83. The summed E-state index contributed by atoms with van der Waals surface area (Å²) in [7, 11) is 0. The van der Waals surface area contributed by atoms with E-state index in [9.17, 15) is 24.6 Å². The van der Waals surface area contributed by atoms with E-state index >= 15 is 0 Å². The van der Waals surface area contributed by atoms with Crippen LogP contribution in [0, 0.1) is 0 Å². The molecule has 0 fully saturated rings. The number of rotatable bonds is 15. The summed E-state index contributed by atoms with van der Waals surface area (Å²) in [6.07, 6.45) is 2.07. The lowest BCUT2D eigenvalue weighted by atomic mass is 10.0. The van der Waals surface area contributed by atoms with E-state index in [0.717, 1.165) is 18.5 Å². The highest BCUT2D eigenvalue weighted by molar-refractivity contribution is 5.92. The molecule has 7 N–H and O–H groups in total. The van der Waals surface area contributed by atoms with E-state index in [2.05, 4.69) is 16.0 Å². The average Bonchev–Trinajstić information content (AvgIpc) is 2.84. The highest BCUT2D eigenvalue weighted by Gasteiger charge is 2.28. The molecule has 196 valence electrons. The van der Waals surface area contributed by atoms with Crippen LogP contribution in [0.4, 0.5) is 0 Å². The Morgan fingerprint density at radius 1 is 0.833 bits per heavy atom. The third-order valence-electron chi connectivity index (χ3n) is 5.73. The summed E-state index contributed by atoms with van der Waals surface area (Å²) < 4.78 is 0. The maximum absolute atomic E-state index is 13.1. The molecule has 0 spiro atoms. The standard InChI is InChI=1S/C27H38N4O5/c1-18(2)29-15-7-6-10-23(27(35)36)30-26(34)24(17-20-11-13-21(32)14-12-20)31-25(33)22(28)16-19-8-4-3-5-9-19/h3-5,8-9,11-14,18,22-24,29,32H,6-7,10,15-17,28H2,1-2H3,(H,30,34)(H,31,33)(H,35,36)/t22-,23-,24+/m0/s1. The first-order valence-electron chi connectivity index (χ1n) is 12.3. The Hall–Kier alpha value is -3.43. The Morgan fingerprint density at radius 2 is 1.44 bits per heavy atom. The number of hydrogen-bond acceptors (Lipinski definition) is 6. The molecule has 0 saturated heterocycles. The van der Waals surface area contributed by atoms with Crippen molar-refractivity contribution < 1.29 is 24.6 Å². The highest BCUT2D eigenvalue weighted by Crippen LogP contribution is 2.12. The molecule has 0 bridgehead atoms. The van der Waals surface area contributed by atoms with Gasteiger partial charge < -0.3 is 31.9 Å². The van der Waals surface area contributed by atoms with Gasteiger partial charge in [0, 0.05) is 12.5 Å². The molecule has 2 rings (SSSR count). The van der Waals surface area contributed by atoms with E-state index in [4.69, 9.17) is 5.73 Å². The lowest BCUT2D eigenvalue weighted by Crippen LogP contribution is -2.55. The lowest BCUT2D eigenvalue weighted by molar-refractivity contribution is -0.142. The number of aromatic hydroxyl groups is 1. The average molecular weight is 499 g/mol. The molecule has 9 heteroatoms. The number of unbranched alkanes of at least 4 members (excludes halogenated alkanes) is 1. The van der Waals surface area contributed by atoms with Crippen molar-refractivity contribution in [1.29, 1.82) is 0 Å². The van der Waals surface area contributed by atoms with Gasteiger partial charge in [0.25, 0.3) is 0 Å². The number of carboxylic acid groups (broad SMARTS) is 1. The van der Waals surface area contributed by atoms with Gasteiger partial charge in [0.15, 0.2) is 0 Å². The van der Waals surface area contributed by atoms with E-state index in [-0.39, 0.29) is 18.6 Å². The number of carbonyl (C=O) groups excluding carboxylic acids is 2. The molecule has 0 aliphatic carbocycles. The SMILES string of the molecule is CC(C)NCCCC[C@H](NC(=O)[C@@H](Cc1ccc(O)cc1)NC(=O)[C@@H](N)Cc1ccccc1)C(=O)O. The number of carboxylic acids is 1. The molecular formula is C27H38N4O5. The van der Waals surface area contributed by atoms with E-state index in [0.29, 0.717) is 24.4 Å². The van der Waals surface area contributed by atoms with Gasteiger partial charge in [0.05, 0.1) is 6.04 Å². The summed E-state index contributed by atoms with van der Waals surface area (Å²) in [4.78, 5) is 37.8. The number of amides is 2. The maximum Gasteiger partial charge on any atom is 0.326 e. The third-order valence-corrected chi connectivity index (χ3v) is 5.73. The van der Waals surface area contributed by atoms with Gasteiger partial charge in [0.2, 0.25) is 11.8 Å². The number of aliphatic carboxylic acids is 1. The monoisotopic (exact) mass is 498 g/mol. The van der Waals surface area contributed by atoms with E-state index in [1.807, 2.05) is 44.2 Å².